The summed E-state index contributed by atoms with van der Waals surface area (Å²) in [6.07, 6.45) is 15.6. The Morgan fingerprint density at radius 2 is 1.51 bits per heavy atom. The molecule has 3 aromatic heterocycles. The van der Waals surface area contributed by atoms with Crippen molar-refractivity contribution in [2.24, 2.45) is 7.05 Å². The van der Waals surface area contributed by atoms with Crippen LogP contribution in [0.2, 0.25) is 0 Å². The van der Waals surface area contributed by atoms with Crippen LogP contribution < -0.4 is 4.57 Å². The number of imidazole rings is 1. The number of hydrogen-bond acceptors (Lipinski definition) is 1. The van der Waals surface area contributed by atoms with Gasteiger partial charge in [0, 0.05) is 6.20 Å². The van der Waals surface area contributed by atoms with Crippen molar-refractivity contribution in [1.29, 1.82) is 0 Å². The standard InChI is InChI=1S/C32H36N3/c1-21-17-18-33-31-29(21)32-34(2)26-15-9-10-16-27(26)35(32)28-20-24(22-11-5-3-6-12-22)19-25(30(28)31)23-13-7-4-8-14-23/h9-10,15-20,22-23H,3-8,11-14H2,1-2H3/q+1. The second-order valence-corrected chi connectivity index (χ2v) is 11.2. The molecule has 3 heterocycles. The summed E-state index contributed by atoms with van der Waals surface area (Å²) in [4.78, 5) is 5.10. The third-order valence-corrected chi connectivity index (χ3v) is 9.17. The largest absolute Gasteiger partial charge is 0.297 e. The first-order valence-electron chi connectivity index (χ1n) is 13.9. The molecule has 2 aromatic carbocycles. The average molecular weight is 463 g/mol. The highest BCUT2D eigenvalue weighted by molar-refractivity contribution is 6.13. The quantitative estimate of drug-likeness (QED) is 0.192. The number of rotatable bonds is 2. The SMILES string of the molecule is Cc1ccnc2c3c(C4CCCCC4)cc(C4CCCCC4)cc3n3c4ccccc4[n+](C)c3c12. The van der Waals surface area contributed by atoms with Crippen LogP contribution in [0.1, 0.15) is 92.7 Å². The number of para-hydroxylation sites is 2. The zero-order valence-electron chi connectivity index (χ0n) is 21.2. The van der Waals surface area contributed by atoms with Crippen molar-refractivity contribution in [2.45, 2.75) is 83.0 Å². The monoisotopic (exact) mass is 462 g/mol. The Hall–Kier alpha value is -2.94. The van der Waals surface area contributed by atoms with Gasteiger partial charge in [0.1, 0.15) is 5.52 Å². The van der Waals surface area contributed by atoms with E-state index in [1.54, 1.807) is 11.1 Å². The van der Waals surface area contributed by atoms with E-state index in [1.807, 2.05) is 6.20 Å². The van der Waals surface area contributed by atoms with E-state index >= 15 is 0 Å². The Labute approximate surface area is 207 Å². The first-order chi connectivity index (χ1) is 17.2. The van der Waals surface area contributed by atoms with Crippen LogP contribution in [0.25, 0.3) is 38.5 Å². The van der Waals surface area contributed by atoms with Gasteiger partial charge < -0.3 is 0 Å². The smallest absolute Gasteiger partial charge is 0.255 e. The molecule has 3 nitrogen and oxygen atoms in total. The minimum absolute atomic E-state index is 0.647. The number of benzene rings is 2. The van der Waals surface area contributed by atoms with Crippen molar-refractivity contribution >= 4 is 38.5 Å². The van der Waals surface area contributed by atoms with E-state index in [0.717, 1.165) is 0 Å². The predicted molar refractivity (Wildman–Crippen MR) is 145 cm³/mol. The second-order valence-electron chi connectivity index (χ2n) is 11.2. The van der Waals surface area contributed by atoms with Gasteiger partial charge in [-0.05, 0) is 85.4 Å². The lowest BCUT2D eigenvalue weighted by atomic mass is 9.78. The van der Waals surface area contributed by atoms with Crippen LogP contribution >= 0.6 is 0 Å². The van der Waals surface area contributed by atoms with E-state index in [4.69, 9.17) is 4.98 Å². The predicted octanol–water partition coefficient (Wildman–Crippen LogP) is 8.02. The molecule has 35 heavy (non-hydrogen) atoms. The summed E-state index contributed by atoms with van der Waals surface area (Å²) in [7, 11) is 2.22. The van der Waals surface area contributed by atoms with Crippen LogP contribution in [0.3, 0.4) is 0 Å². The van der Waals surface area contributed by atoms with Crippen LogP contribution in [-0.2, 0) is 7.05 Å². The van der Waals surface area contributed by atoms with E-state index < -0.39 is 0 Å². The van der Waals surface area contributed by atoms with Gasteiger partial charge in [0.2, 0.25) is 0 Å². The van der Waals surface area contributed by atoms with Crippen LogP contribution in [0, 0.1) is 6.92 Å². The Balaban J connectivity index is 1.69. The van der Waals surface area contributed by atoms with Crippen molar-refractivity contribution < 1.29 is 4.57 Å². The summed E-state index contributed by atoms with van der Waals surface area (Å²) < 4.78 is 4.96. The Morgan fingerprint density at radius 1 is 0.800 bits per heavy atom. The second kappa shape index (κ2) is 8.33. The third-order valence-electron chi connectivity index (χ3n) is 9.17. The van der Waals surface area contributed by atoms with Gasteiger partial charge in [-0.15, -0.1) is 0 Å². The minimum atomic E-state index is 0.647. The van der Waals surface area contributed by atoms with Gasteiger partial charge in [-0.3, -0.25) is 4.98 Å². The van der Waals surface area contributed by atoms with Gasteiger partial charge in [0.15, 0.2) is 11.0 Å². The van der Waals surface area contributed by atoms with E-state index in [0.29, 0.717) is 11.8 Å². The molecule has 2 fully saturated rings. The van der Waals surface area contributed by atoms with E-state index in [1.165, 1.54) is 108 Å². The molecule has 2 saturated carbocycles. The first kappa shape index (κ1) is 21.4. The third kappa shape index (κ3) is 3.23. The van der Waals surface area contributed by atoms with Crippen LogP contribution in [-0.4, -0.2) is 9.38 Å². The van der Waals surface area contributed by atoms with Gasteiger partial charge >= 0.3 is 0 Å². The molecule has 5 aromatic rings. The summed E-state index contributed by atoms with van der Waals surface area (Å²) in [5.41, 5.74) is 10.9. The average Bonchev–Trinajstić information content (AvgIpc) is 3.22. The highest BCUT2D eigenvalue weighted by Crippen LogP contribution is 2.44. The van der Waals surface area contributed by atoms with Crippen molar-refractivity contribution in [2.75, 3.05) is 0 Å². The van der Waals surface area contributed by atoms with Crippen molar-refractivity contribution in [3.8, 4) is 0 Å². The number of hydrogen-bond donors (Lipinski definition) is 0. The Kier molecular flexibility index (Phi) is 5.08. The molecule has 178 valence electrons. The van der Waals surface area contributed by atoms with Crippen LogP contribution in [0.15, 0.2) is 48.7 Å². The molecule has 0 spiro atoms. The van der Waals surface area contributed by atoms with Crippen molar-refractivity contribution in [1.82, 2.24) is 9.38 Å². The van der Waals surface area contributed by atoms with E-state index in [9.17, 15) is 0 Å². The Morgan fingerprint density at radius 3 is 2.29 bits per heavy atom. The topological polar surface area (TPSA) is 21.2 Å². The normalized spacial score (nSPS) is 18.3. The minimum Gasteiger partial charge on any atom is -0.255 e. The zero-order valence-corrected chi connectivity index (χ0v) is 21.2. The molecule has 7 rings (SSSR count). The lowest BCUT2D eigenvalue weighted by molar-refractivity contribution is -0.617. The van der Waals surface area contributed by atoms with Gasteiger partial charge in [-0.1, -0.05) is 56.7 Å². The fraction of sp³-hybridized carbons (Fsp3) is 0.438. The maximum Gasteiger partial charge on any atom is 0.297 e. The molecule has 0 aliphatic heterocycles. The molecular formula is C32H36N3+. The summed E-state index contributed by atoms with van der Waals surface area (Å²) in [5.74, 6) is 1.34. The summed E-state index contributed by atoms with van der Waals surface area (Å²) in [6, 6.07) is 16.3. The first-order valence-corrected chi connectivity index (χ1v) is 13.9. The van der Waals surface area contributed by atoms with E-state index in [2.05, 4.69) is 65.4 Å². The highest BCUT2D eigenvalue weighted by atomic mass is 15.1. The molecule has 2 aliphatic rings. The molecule has 2 aliphatic carbocycles. The molecule has 3 heteroatoms. The lowest BCUT2D eigenvalue weighted by Gasteiger charge is -2.27. The molecule has 0 atom stereocenters. The van der Waals surface area contributed by atoms with E-state index in [-0.39, 0.29) is 0 Å². The molecule has 0 N–H and O–H groups in total. The number of nitrogens with zero attached hydrogens (tertiary/aromatic N) is 3. The fourth-order valence-corrected chi connectivity index (χ4v) is 7.38. The molecule has 0 amide bonds. The van der Waals surface area contributed by atoms with Gasteiger partial charge in [0.25, 0.3) is 5.65 Å². The summed E-state index contributed by atoms with van der Waals surface area (Å²) in [5, 5.41) is 2.71. The maximum absolute atomic E-state index is 5.10. The highest BCUT2D eigenvalue weighted by Gasteiger charge is 2.30. The Bertz CT molecular complexity index is 1580. The fourth-order valence-electron chi connectivity index (χ4n) is 7.38. The van der Waals surface area contributed by atoms with Gasteiger partial charge in [0.05, 0.1) is 23.3 Å². The number of fused-ring (bicyclic) bond motifs is 8. The van der Waals surface area contributed by atoms with Crippen LogP contribution in [0.5, 0.6) is 0 Å². The maximum atomic E-state index is 5.10. The summed E-state index contributed by atoms with van der Waals surface area (Å²) >= 11 is 0. The molecule has 0 radical (unpaired) electrons. The number of pyridine rings is 2. The molecule has 0 saturated heterocycles. The zero-order chi connectivity index (χ0) is 23.5. The van der Waals surface area contributed by atoms with Crippen molar-refractivity contribution in [3.63, 3.8) is 0 Å². The molecular weight excluding hydrogens is 426 g/mol. The van der Waals surface area contributed by atoms with Gasteiger partial charge in [-0.25, -0.2) is 4.57 Å². The number of aryl methyl sites for hydroxylation is 2. The molecule has 0 unspecified atom stereocenters. The van der Waals surface area contributed by atoms with Crippen LogP contribution in [0.4, 0.5) is 0 Å². The summed E-state index contributed by atoms with van der Waals surface area (Å²) in [6.45, 7) is 2.25. The number of aromatic nitrogens is 3. The molecule has 0 bridgehead atoms. The lowest BCUT2D eigenvalue weighted by Crippen LogP contribution is -2.27. The van der Waals surface area contributed by atoms with Crippen molar-refractivity contribution in [3.05, 3.63) is 65.4 Å². The van der Waals surface area contributed by atoms with Gasteiger partial charge in [-0.2, -0.15) is 4.40 Å².